The van der Waals surface area contributed by atoms with E-state index >= 15 is 0 Å². The fourth-order valence-electron chi connectivity index (χ4n) is 0.751. The molecule has 0 N–H and O–H groups in total. The van der Waals surface area contributed by atoms with Crippen LogP contribution in [-0.2, 0) is 6.18 Å². The molecule has 0 saturated heterocycles. The van der Waals surface area contributed by atoms with Crippen molar-refractivity contribution in [3.63, 3.8) is 0 Å². The summed E-state index contributed by atoms with van der Waals surface area (Å²) < 4.78 is 36.9. The van der Waals surface area contributed by atoms with Crippen molar-refractivity contribution in [2.24, 2.45) is 0 Å². The van der Waals surface area contributed by atoms with E-state index in [9.17, 15) is 13.2 Å². The highest BCUT2D eigenvalue weighted by molar-refractivity contribution is 14.1. The monoisotopic (exact) mass is 285 g/mol. The molecule has 0 aromatic heterocycles. The third-order valence-corrected chi connectivity index (χ3v) is 2.43. The highest BCUT2D eigenvalue weighted by atomic mass is 127. The molecule has 0 aliphatic heterocycles. The van der Waals surface area contributed by atoms with E-state index < -0.39 is 11.7 Å². The number of rotatable bonds is 0. The fourth-order valence-corrected chi connectivity index (χ4v) is 1.09. The summed E-state index contributed by atoms with van der Waals surface area (Å²) in [6, 6.07) is 3.50. The molecule has 0 aliphatic carbocycles. The van der Waals surface area contributed by atoms with Crippen molar-refractivity contribution in [1.29, 1.82) is 0 Å². The van der Waals surface area contributed by atoms with Crippen LogP contribution in [-0.4, -0.2) is 0 Å². The lowest BCUT2D eigenvalue weighted by Crippen LogP contribution is -2.05. The Hall–Kier alpha value is -0.260. The van der Waals surface area contributed by atoms with Crippen LogP contribution in [0.2, 0.25) is 0 Å². The van der Waals surface area contributed by atoms with Gasteiger partial charge in [-0.3, -0.25) is 0 Å². The van der Waals surface area contributed by atoms with E-state index in [-0.39, 0.29) is 0 Å². The number of halogens is 4. The zero-order chi connectivity index (χ0) is 9.35. The minimum atomic E-state index is -4.27. The second kappa shape index (κ2) is 3.24. The molecule has 0 atom stereocenters. The molecule has 0 fully saturated rings. The summed E-state index contributed by atoms with van der Waals surface area (Å²) in [6.45, 7) is 3.49. The van der Waals surface area contributed by atoms with Crippen LogP contribution >= 0.6 is 22.6 Å². The first-order valence-corrected chi connectivity index (χ1v) is 4.18. The van der Waals surface area contributed by atoms with Crippen molar-refractivity contribution < 1.29 is 13.2 Å². The Kier molecular flexibility index (Phi) is 2.65. The zero-order valence-electron chi connectivity index (χ0n) is 5.95. The Morgan fingerprint density at radius 2 is 1.83 bits per heavy atom. The summed E-state index contributed by atoms with van der Waals surface area (Å²) in [7, 11) is 0. The lowest BCUT2D eigenvalue weighted by atomic mass is 10.1. The van der Waals surface area contributed by atoms with Crippen LogP contribution in [0.3, 0.4) is 0 Å². The molecular formula is C8H5F3I. The van der Waals surface area contributed by atoms with Gasteiger partial charge in [-0.15, -0.1) is 0 Å². The van der Waals surface area contributed by atoms with Gasteiger partial charge in [0.1, 0.15) is 0 Å². The first-order chi connectivity index (χ1) is 5.41. The van der Waals surface area contributed by atoms with Gasteiger partial charge in [-0.25, -0.2) is 0 Å². The number of alkyl halides is 3. The summed E-state index contributed by atoms with van der Waals surface area (Å²) in [4.78, 5) is 0. The second-order valence-corrected chi connectivity index (χ2v) is 3.47. The molecule has 65 valence electrons. The molecule has 1 rings (SSSR count). The topological polar surface area (TPSA) is 0 Å². The molecule has 12 heavy (non-hydrogen) atoms. The standard InChI is InChI=1S/C8H5F3I/c1-5-4-6(8(9,10)11)2-3-7(5)12/h2-4H,1H2. The van der Waals surface area contributed by atoms with Crippen LogP contribution < -0.4 is 0 Å². The van der Waals surface area contributed by atoms with E-state index in [0.717, 1.165) is 15.7 Å². The lowest BCUT2D eigenvalue weighted by molar-refractivity contribution is -0.137. The predicted octanol–water partition coefficient (Wildman–Crippen LogP) is 3.49. The fraction of sp³-hybridized carbons (Fsp3) is 0.125. The van der Waals surface area contributed by atoms with Crippen LogP contribution in [0.25, 0.3) is 0 Å². The van der Waals surface area contributed by atoms with Gasteiger partial charge in [0.15, 0.2) is 0 Å². The lowest BCUT2D eigenvalue weighted by Gasteiger charge is -2.07. The van der Waals surface area contributed by atoms with Crippen molar-refractivity contribution >= 4 is 22.6 Å². The molecule has 0 saturated carbocycles. The van der Waals surface area contributed by atoms with Gasteiger partial charge < -0.3 is 0 Å². The Balaban J connectivity index is 3.14. The van der Waals surface area contributed by atoms with Gasteiger partial charge in [0, 0.05) is 3.57 Å². The summed E-state index contributed by atoms with van der Waals surface area (Å²) >= 11 is 1.94. The molecule has 0 spiro atoms. The van der Waals surface area contributed by atoms with Gasteiger partial charge in [-0.2, -0.15) is 13.2 Å². The van der Waals surface area contributed by atoms with Crippen molar-refractivity contribution in [1.82, 2.24) is 0 Å². The third-order valence-electron chi connectivity index (χ3n) is 1.37. The molecule has 0 amide bonds. The minimum absolute atomic E-state index is 0.408. The Morgan fingerprint density at radius 3 is 2.25 bits per heavy atom. The smallest absolute Gasteiger partial charge is 0.166 e. The van der Waals surface area contributed by atoms with Crippen LogP contribution in [0.15, 0.2) is 18.2 Å². The molecule has 0 bridgehead atoms. The molecule has 1 aromatic rings. The maximum Gasteiger partial charge on any atom is 0.416 e. The second-order valence-electron chi connectivity index (χ2n) is 2.30. The highest BCUT2D eigenvalue weighted by Crippen LogP contribution is 2.30. The molecule has 0 unspecified atom stereocenters. The number of hydrogen-bond donors (Lipinski definition) is 0. The first-order valence-electron chi connectivity index (χ1n) is 3.10. The van der Waals surface area contributed by atoms with Gasteiger partial charge >= 0.3 is 6.18 Å². The molecule has 1 aromatic carbocycles. The molecule has 1 radical (unpaired) electrons. The van der Waals surface area contributed by atoms with Crippen molar-refractivity contribution in [2.75, 3.05) is 0 Å². The molecule has 0 heterocycles. The average molecular weight is 285 g/mol. The van der Waals surface area contributed by atoms with E-state index in [4.69, 9.17) is 0 Å². The van der Waals surface area contributed by atoms with E-state index in [2.05, 4.69) is 6.92 Å². The van der Waals surface area contributed by atoms with Gasteiger partial charge in [0.2, 0.25) is 0 Å². The normalized spacial score (nSPS) is 11.8. The maximum atomic E-state index is 12.1. The van der Waals surface area contributed by atoms with Gasteiger partial charge in [0.05, 0.1) is 5.56 Å². The molecular weight excluding hydrogens is 280 g/mol. The SMILES string of the molecule is [CH2]c1cc(C(F)(F)F)ccc1I. The molecule has 4 heteroatoms. The van der Waals surface area contributed by atoms with Crippen LogP contribution in [0, 0.1) is 10.5 Å². The summed E-state index contributed by atoms with van der Waals surface area (Å²) in [5, 5.41) is 0. The van der Waals surface area contributed by atoms with Crippen LogP contribution in [0.1, 0.15) is 11.1 Å². The Morgan fingerprint density at radius 1 is 1.25 bits per heavy atom. The van der Waals surface area contributed by atoms with Gasteiger partial charge in [0.25, 0.3) is 0 Å². The molecule has 0 nitrogen and oxygen atoms in total. The third kappa shape index (κ3) is 2.12. The van der Waals surface area contributed by atoms with Crippen LogP contribution in [0.4, 0.5) is 13.2 Å². The van der Waals surface area contributed by atoms with Crippen LogP contribution in [0.5, 0.6) is 0 Å². The van der Waals surface area contributed by atoms with Crippen molar-refractivity contribution in [3.8, 4) is 0 Å². The summed E-state index contributed by atoms with van der Waals surface area (Å²) in [5.41, 5.74) is -0.238. The van der Waals surface area contributed by atoms with E-state index in [1.54, 1.807) is 0 Å². The Bertz CT molecular complexity index is 291. The van der Waals surface area contributed by atoms with Crippen molar-refractivity contribution in [3.05, 3.63) is 39.8 Å². The number of hydrogen-bond acceptors (Lipinski definition) is 0. The molecule has 0 aliphatic rings. The quantitative estimate of drug-likeness (QED) is 0.640. The minimum Gasteiger partial charge on any atom is -0.166 e. The maximum absolute atomic E-state index is 12.1. The highest BCUT2D eigenvalue weighted by Gasteiger charge is 2.30. The van der Waals surface area contributed by atoms with Crippen molar-refractivity contribution in [2.45, 2.75) is 6.18 Å². The van der Waals surface area contributed by atoms with E-state index in [1.807, 2.05) is 22.6 Å². The van der Waals surface area contributed by atoms with Gasteiger partial charge in [-0.05, 0) is 53.3 Å². The largest absolute Gasteiger partial charge is 0.416 e. The number of benzene rings is 1. The van der Waals surface area contributed by atoms with E-state index in [0.29, 0.717) is 5.56 Å². The Labute approximate surface area is 81.9 Å². The summed E-state index contributed by atoms with van der Waals surface area (Å²) in [5.74, 6) is 0. The summed E-state index contributed by atoms with van der Waals surface area (Å²) in [6.07, 6.45) is -4.27. The predicted molar refractivity (Wildman–Crippen MR) is 48.6 cm³/mol. The average Bonchev–Trinajstić information content (AvgIpc) is 1.92. The van der Waals surface area contributed by atoms with E-state index in [1.165, 1.54) is 6.07 Å². The first kappa shape index (κ1) is 9.83. The van der Waals surface area contributed by atoms with Gasteiger partial charge in [-0.1, -0.05) is 0 Å². The zero-order valence-corrected chi connectivity index (χ0v) is 8.11.